The van der Waals surface area contributed by atoms with Crippen LogP contribution in [0.4, 0.5) is 0 Å². The standard InChI is InChI=1S/C31H35N5O3/c1-6-7-11-26(35-30(37)18(2)28-19(3)33-25-14-13-21(38-4)16-22(25)28)29-32-17-27(34-29)23-15-20-10-8-9-12-24(20)36-31(23)39-5/h8-10,12-18,26,33H,6-7,11H2,1-5H3,(H,32,34)(H,35,37)/t18-,26+/m1/s1. The van der Waals surface area contributed by atoms with Crippen LogP contribution < -0.4 is 14.8 Å². The number of carbonyl (C=O) groups is 1. The summed E-state index contributed by atoms with van der Waals surface area (Å²) in [5.74, 6) is 1.58. The Hall–Kier alpha value is -4.33. The zero-order valence-corrected chi connectivity index (χ0v) is 23.1. The summed E-state index contributed by atoms with van der Waals surface area (Å²) in [6, 6.07) is 15.6. The Morgan fingerprint density at radius 1 is 1.08 bits per heavy atom. The predicted molar refractivity (Wildman–Crippen MR) is 154 cm³/mol. The lowest BCUT2D eigenvalue weighted by Crippen LogP contribution is -2.32. The topological polar surface area (TPSA) is 105 Å². The number of fused-ring (bicyclic) bond motifs is 2. The SMILES string of the molecule is CCCC[C@H](NC(=O)[C@H](C)c1c(C)[nH]c2ccc(OC)cc12)c1ncc(-c2cc3ccccc3nc2OC)[nH]1. The molecule has 0 spiro atoms. The van der Waals surface area contributed by atoms with Crippen LogP contribution in [0.15, 0.2) is 54.7 Å². The van der Waals surface area contributed by atoms with Crippen molar-refractivity contribution in [3.05, 3.63) is 71.8 Å². The molecule has 0 bridgehead atoms. The second-order valence-electron chi connectivity index (χ2n) is 9.92. The van der Waals surface area contributed by atoms with Crippen LogP contribution in [0.1, 0.15) is 62.2 Å². The van der Waals surface area contributed by atoms with Gasteiger partial charge in [0, 0.05) is 22.0 Å². The molecule has 0 aliphatic heterocycles. The fourth-order valence-electron chi connectivity index (χ4n) is 5.22. The van der Waals surface area contributed by atoms with Gasteiger partial charge in [-0.2, -0.15) is 0 Å². The molecule has 0 radical (unpaired) electrons. The third kappa shape index (κ3) is 5.19. The smallest absolute Gasteiger partial charge is 0.227 e. The van der Waals surface area contributed by atoms with Gasteiger partial charge in [0.15, 0.2) is 0 Å². The number of H-pyrrole nitrogens is 2. The van der Waals surface area contributed by atoms with Gasteiger partial charge in [-0.05, 0) is 56.2 Å². The second-order valence-corrected chi connectivity index (χ2v) is 9.92. The number of amides is 1. The zero-order valence-electron chi connectivity index (χ0n) is 23.1. The summed E-state index contributed by atoms with van der Waals surface area (Å²) in [6.07, 6.45) is 4.53. The number of para-hydroxylation sites is 1. The summed E-state index contributed by atoms with van der Waals surface area (Å²) in [5.41, 5.74) is 5.42. The van der Waals surface area contributed by atoms with Crippen molar-refractivity contribution >= 4 is 27.7 Å². The number of aromatic nitrogens is 4. The van der Waals surface area contributed by atoms with Gasteiger partial charge in [-0.15, -0.1) is 0 Å². The van der Waals surface area contributed by atoms with Gasteiger partial charge in [0.25, 0.3) is 0 Å². The van der Waals surface area contributed by atoms with E-state index in [0.29, 0.717) is 11.7 Å². The van der Waals surface area contributed by atoms with E-state index in [0.717, 1.165) is 69.3 Å². The van der Waals surface area contributed by atoms with Gasteiger partial charge in [-0.25, -0.2) is 9.97 Å². The molecule has 0 aliphatic rings. The molecule has 8 heteroatoms. The van der Waals surface area contributed by atoms with E-state index in [9.17, 15) is 4.79 Å². The van der Waals surface area contributed by atoms with E-state index in [4.69, 9.17) is 14.5 Å². The number of carbonyl (C=O) groups excluding carboxylic acids is 1. The Labute approximate surface area is 228 Å². The minimum Gasteiger partial charge on any atom is -0.497 e. The molecule has 1 amide bonds. The van der Waals surface area contributed by atoms with Crippen molar-refractivity contribution in [1.29, 1.82) is 0 Å². The highest BCUT2D eigenvalue weighted by Crippen LogP contribution is 2.34. The van der Waals surface area contributed by atoms with Crippen molar-refractivity contribution in [3.8, 4) is 22.9 Å². The number of hydrogen-bond donors (Lipinski definition) is 3. The van der Waals surface area contributed by atoms with E-state index >= 15 is 0 Å². The fourth-order valence-corrected chi connectivity index (χ4v) is 5.22. The first-order chi connectivity index (χ1) is 18.9. The number of benzene rings is 2. The van der Waals surface area contributed by atoms with E-state index < -0.39 is 0 Å². The number of nitrogens with one attached hydrogen (secondary N) is 3. The molecule has 0 fully saturated rings. The first-order valence-electron chi connectivity index (χ1n) is 13.4. The first kappa shape index (κ1) is 26.3. The molecule has 2 aromatic carbocycles. The molecule has 5 aromatic rings. The fraction of sp³-hybridized carbons (Fsp3) is 0.323. The number of rotatable bonds is 10. The largest absolute Gasteiger partial charge is 0.497 e. The average Bonchev–Trinajstić information content (AvgIpc) is 3.57. The van der Waals surface area contributed by atoms with Gasteiger partial charge in [-0.3, -0.25) is 4.79 Å². The summed E-state index contributed by atoms with van der Waals surface area (Å²) in [5, 5.41) is 5.28. The number of unbranched alkanes of at least 4 members (excludes halogenated alkanes) is 1. The van der Waals surface area contributed by atoms with Gasteiger partial charge in [-0.1, -0.05) is 38.0 Å². The lowest BCUT2D eigenvalue weighted by atomic mass is 9.96. The summed E-state index contributed by atoms with van der Waals surface area (Å²) < 4.78 is 11.0. The van der Waals surface area contributed by atoms with Crippen LogP contribution in [0.5, 0.6) is 11.6 Å². The van der Waals surface area contributed by atoms with Crippen LogP contribution in [0, 0.1) is 6.92 Å². The van der Waals surface area contributed by atoms with Crippen LogP contribution in [0.2, 0.25) is 0 Å². The lowest BCUT2D eigenvalue weighted by Gasteiger charge is -2.20. The minimum absolute atomic E-state index is 0.0502. The maximum Gasteiger partial charge on any atom is 0.227 e. The molecule has 3 heterocycles. The monoisotopic (exact) mass is 525 g/mol. The van der Waals surface area contributed by atoms with E-state index in [2.05, 4.69) is 27.2 Å². The number of imidazole rings is 1. The molecule has 0 saturated carbocycles. The number of nitrogens with zero attached hydrogens (tertiary/aromatic N) is 2. The van der Waals surface area contributed by atoms with Gasteiger partial charge in [0.1, 0.15) is 11.6 Å². The van der Waals surface area contributed by atoms with Gasteiger partial charge < -0.3 is 24.8 Å². The highest BCUT2D eigenvalue weighted by Gasteiger charge is 2.26. The Balaban J connectivity index is 1.44. The van der Waals surface area contributed by atoms with Crippen LogP contribution in [-0.4, -0.2) is 40.1 Å². The second kappa shape index (κ2) is 11.2. The molecule has 3 N–H and O–H groups in total. The quantitative estimate of drug-likeness (QED) is 0.191. The van der Waals surface area contributed by atoms with Crippen molar-refractivity contribution in [3.63, 3.8) is 0 Å². The molecule has 0 saturated heterocycles. The molecule has 0 unspecified atom stereocenters. The highest BCUT2D eigenvalue weighted by molar-refractivity contribution is 5.93. The summed E-state index contributed by atoms with van der Waals surface area (Å²) in [6.45, 7) is 6.09. The van der Waals surface area contributed by atoms with E-state index in [-0.39, 0.29) is 17.9 Å². The van der Waals surface area contributed by atoms with E-state index in [1.807, 2.05) is 62.4 Å². The average molecular weight is 526 g/mol. The predicted octanol–water partition coefficient (Wildman–Crippen LogP) is 6.58. The Bertz CT molecular complexity index is 1620. The maximum atomic E-state index is 13.6. The van der Waals surface area contributed by atoms with Gasteiger partial charge >= 0.3 is 0 Å². The molecular weight excluding hydrogens is 490 g/mol. The summed E-state index contributed by atoms with van der Waals surface area (Å²) in [7, 11) is 3.27. The molecule has 2 atom stereocenters. The Morgan fingerprint density at radius 2 is 1.90 bits per heavy atom. The normalized spacial score (nSPS) is 12.9. The third-order valence-electron chi connectivity index (χ3n) is 7.33. The highest BCUT2D eigenvalue weighted by atomic mass is 16.5. The molecule has 202 valence electrons. The number of hydrogen-bond acceptors (Lipinski definition) is 5. The van der Waals surface area contributed by atoms with E-state index in [1.165, 1.54) is 0 Å². The molecule has 39 heavy (non-hydrogen) atoms. The molecule has 8 nitrogen and oxygen atoms in total. The molecule has 0 aliphatic carbocycles. The maximum absolute atomic E-state index is 13.6. The first-order valence-corrected chi connectivity index (χ1v) is 13.4. The zero-order chi connectivity index (χ0) is 27.5. The van der Waals surface area contributed by atoms with E-state index in [1.54, 1.807) is 20.4 Å². The number of aryl methyl sites for hydroxylation is 1. The summed E-state index contributed by atoms with van der Waals surface area (Å²) in [4.78, 5) is 29.8. The number of aromatic amines is 2. The lowest BCUT2D eigenvalue weighted by molar-refractivity contribution is -0.123. The molecule has 3 aromatic heterocycles. The van der Waals surface area contributed by atoms with Crippen molar-refractivity contribution in [2.75, 3.05) is 14.2 Å². The van der Waals surface area contributed by atoms with Gasteiger partial charge in [0.2, 0.25) is 11.8 Å². The van der Waals surface area contributed by atoms with Crippen molar-refractivity contribution in [2.45, 2.75) is 52.0 Å². The van der Waals surface area contributed by atoms with Gasteiger partial charge in [0.05, 0.1) is 49.2 Å². The van der Waals surface area contributed by atoms with Crippen LogP contribution in [0.3, 0.4) is 0 Å². The summed E-state index contributed by atoms with van der Waals surface area (Å²) >= 11 is 0. The Morgan fingerprint density at radius 3 is 2.67 bits per heavy atom. The van der Waals surface area contributed by atoms with Crippen LogP contribution in [-0.2, 0) is 4.79 Å². The molecular formula is C31H35N5O3. The molecule has 5 rings (SSSR count). The van der Waals surface area contributed by atoms with Crippen molar-refractivity contribution < 1.29 is 14.3 Å². The minimum atomic E-state index is -0.366. The van der Waals surface area contributed by atoms with Crippen LogP contribution >= 0.6 is 0 Å². The van der Waals surface area contributed by atoms with Crippen molar-refractivity contribution in [1.82, 2.24) is 25.3 Å². The van der Waals surface area contributed by atoms with Crippen molar-refractivity contribution in [2.24, 2.45) is 0 Å². The third-order valence-corrected chi connectivity index (χ3v) is 7.33. The Kier molecular flexibility index (Phi) is 7.54. The van der Waals surface area contributed by atoms with Crippen LogP contribution in [0.25, 0.3) is 33.1 Å². The number of pyridine rings is 1. The number of ether oxygens (including phenoxy) is 2. The number of methoxy groups -OCH3 is 2.